The molecule has 3 saturated carbocycles. The zero-order valence-electron chi connectivity index (χ0n) is 11.4. The van der Waals surface area contributed by atoms with Gasteiger partial charge in [0.15, 0.2) is 0 Å². The summed E-state index contributed by atoms with van der Waals surface area (Å²) in [6, 6.07) is 3.79. The zero-order valence-corrected chi connectivity index (χ0v) is 12.1. The lowest BCUT2D eigenvalue weighted by molar-refractivity contribution is 0.0901. The molecule has 1 heterocycles. The number of aromatic nitrogens is 1. The predicted molar refractivity (Wildman–Crippen MR) is 77.5 cm³/mol. The fourth-order valence-electron chi connectivity index (χ4n) is 5.00. The molecule has 3 aliphatic rings. The molecule has 0 aromatic carbocycles. The van der Waals surface area contributed by atoms with Crippen molar-refractivity contribution in [2.75, 3.05) is 0 Å². The summed E-state index contributed by atoms with van der Waals surface area (Å²) in [5.74, 6) is 3.42. The molecule has 3 aliphatic carbocycles. The van der Waals surface area contributed by atoms with E-state index in [9.17, 15) is 4.79 Å². The van der Waals surface area contributed by atoms with E-state index >= 15 is 0 Å². The molecule has 2 bridgehead atoms. The lowest BCUT2D eigenvalue weighted by Gasteiger charge is -2.32. The van der Waals surface area contributed by atoms with E-state index in [1.54, 1.807) is 18.3 Å². The highest BCUT2D eigenvalue weighted by molar-refractivity contribution is 6.29. The van der Waals surface area contributed by atoms with Gasteiger partial charge in [-0.05, 0) is 61.5 Å². The molecule has 0 radical (unpaired) electrons. The molecule has 4 rings (SSSR count). The van der Waals surface area contributed by atoms with Gasteiger partial charge in [-0.15, -0.1) is 0 Å². The monoisotopic (exact) mass is 290 g/mol. The Morgan fingerprint density at radius 2 is 2.05 bits per heavy atom. The fraction of sp³-hybridized carbons (Fsp3) is 0.625. The quantitative estimate of drug-likeness (QED) is 0.849. The van der Waals surface area contributed by atoms with E-state index in [-0.39, 0.29) is 5.91 Å². The van der Waals surface area contributed by atoms with Gasteiger partial charge in [0.1, 0.15) is 5.15 Å². The predicted octanol–water partition coefficient (Wildman–Crippen LogP) is 3.29. The van der Waals surface area contributed by atoms with E-state index in [1.807, 2.05) is 0 Å². The van der Waals surface area contributed by atoms with Crippen LogP contribution in [0.1, 0.15) is 42.5 Å². The minimum atomic E-state index is 0.00117. The maximum atomic E-state index is 12.3. The van der Waals surface area contributed by atoms with Crippen molar-refractivity contribution in [3.8, 4) is 0 Å². The van der Waals surface area contributed by atoms with Crippen molar-refractivity contribution >= 4 is 17.5 Å². The van der Waals surface area contributed by atoms with Crippen LogP contribution in [0, 0.1) is 23.7 Å². The van der Waals surface area contributed by atoms with Crippen LogP contribution in [-0.4, -0.2) is 16.9 Å². The van der Waals surface area contributed by atoms with Crippen molar-refractivity contribution in [1.29, 1.82) is 0 Å². The summed E-state index contributed by atoms with van der Waals surface area (Å²) in [5, 5.41) is 3.66. The SMILES string of the molecule is O=C(NC1CC2CC1C1CCCC21)c1ccc(Cl)nc1. The number of hydrogen-bond donors (Lipinski definition) is 1. The maximum Gasteiger partial charge on any atom is 0.253 e. The second-order valence-corrected chi connectivity index (χ2v) is 6.99. The third-order valence-corrected chi connectivity index (χ3v) is 5.96. The van der Waals surface area contributed by atoms with Gasteiger partial charge < -0.3 is 5.32 Å². The van der Waals surface area contributed by atoms with Gasteiger partial charge in [-0.3, -0.25) is 4.79 Å². The van der Waals surface area contributed by atoms with E-state index in [0.717, 1.165) is 23.7 Å². The Morgan fingerprint density at radius 1 is 1.20 bits per heavy atom. The molecule has 0 aliphatic heterocycles. The first kappa shape index (κ1) is 12.6. The molecule has 1 aromatic heterocycles. The van der Waals surface area contributed by atoms with E-state index < -0.39 is 0 Å². The number of halogens is 1. The van der Waals surface area contributed by atoms with Crippen LogP contribution >= 0.6 is 11.6 Å². The first-order valence-electron chi connectivity index (χ1n) is 7.65. The number of hydrogen-bond acceptors (Lipinski definition) is 2. The van der Waals surface area contributed by atoms with Crippen molar-refractivity contribution in [2.45, 2.75) is 38.1 Å². The third kappa shape index (κ3) is 1.95. The Balaban J connectivity index is 1.45. The van der Waals surface area contributed by atoms with Crippen LogP contribution in [0.4, 0.5) is 0 Å². The first-order valence-corrected chi connectivity index (χ1v) is 8.02. The Labute approximate surface area is 124 Å². The van der Waals surface area contributed by atoms with E-state index in [2.05, 4.69) is 10.3 Å². The van der Waals surface area contributed by atoms with Crippen LogP contribution in [0.5, 0.6) is 0 Å². The lowest BCUT2D eigenvalue weighted by Crippen LogP contribution is -2.42. The summed E-state index contributed by atoms with van der Waals surface area (Å²) in [4.78, 5) is 16.3. The average Bonchev–Trinajstić information content (AvgIpc) is 3.11. The molecule has 5 atom stereocenters. The van der Waals surface area contributed by atoms with Gasteiger partial charge in [-0.25, -0.2) is 4.98 Å². The second-order valence-electron chi connectivity index (χ2n) is 6.60. The van der Waals surface area contributed by atoms with Gasteiger partial charge in [-0.2, -0.15) is 0 Å². The largest absolute Gasteiger partial charge is 0.349 e. The van der Waals surface area contributed by atoms with Gasteiger partial charge >= 0.3 is 0 Å². The topological polar surface area (TPSA) is 42.0 Å². The molecule has 0 spiro atoms. The lowest BCUT2D eigenvalue weighted by atomic mass is 9.79. The molecule has 3 fully saturated rings. The van der Waals surface area contributed by atoms with Crippen molar-refractivity contribution < 1.29 is 4.79 Å². The van der Waals surface area contributed by atoms with Gasteiger partial charge in [-0.1, -0.05) is 18.0 Å². The number of nitrogens with zero attached hydrogens (tertiary/aromatic N) is 1. The molecule has 106 valence electrons. The highest BCUT2D eigenvalue weighted by atomic mass is 35.5. The molecule has 1 amide bonds. The third-order valence-electron chi connectivity index (χ3n) is 5.73. The molecular weight excluding hydrogens is 272 g/mol. The molecule has 1 aromatic rings. The average molecular weight is 291 g/mol. The molecule has 20 heavy (non-hydrogen) atoms. The maximum absolute atomic E-state index is 12.3. The van der Waals surface area contributed by atoms with Gasteiger partial charge in [0.05, 0.1) is 5.56 Å². The summed E-state index contributed by atoms with van der Waals surface area (Å²) < 4.78 is 0. The molecule has 0 saturated heterocycles. The van der Waals surface area contributed by atoms with E-state index in [0.29, 0.717) is 16.8 Å². The van der Waals surface area contributed by atoms with Crippen LogP contribution < -0.4 is 5.32 Å². The van der Waals surface area contributed by atoms with Crippen molar-refractivity contribution in [3.63, 3.8) is 0 Å². The summed E-state index contributed by atoms with van der Waals surface area (Å²) in [5.41, 5.74) is 0.611. The highest BCUT2D eigenvalue weighted by Crippen LogP contribution is 2.58. The number of fused-ring (bicyclic) bond motifs is 5. The molecule has 4 heteroatoms. The Morgan fingerprint density at radius 3 is 2.85 bits per heavy atom. The molecule has 3 nitrogen and oxygen atoms in total. The van der Waals surface area contributed by atoms with Crippen LogP contribution in [0.2, 0.25) is 5.15 Å². The summed E-state index contributed by atoms with van der Waals surface area (Å²) >= 11 is 5.76. The van der Waals surface area contributed by atoms with Crippen LogP contribution in [-0.2, 0) is 0 Å². The molecule has 1 N–H and O–H groups in total. The standard InChI is InChI=1S/C16H19ClN2O/c17-15-5-4-9(8-18-15)16(20)19-14-7-10-6-13(14)12-3-1-2-11(10)12/h4-5,8,10-14H,1-3,6-7H2,(H,19,20). The van der Waals surface area contributed by atoms with Crippen molar-refractivity contribution in [2.24, 2.45) is 23.7 Å². The normalized spacial score (nSPS) is 38.0. The van der Waals surface area contributed by atoms with Gasteiger partial charge in [0.2, 0.25) is 0 Å². The van der Waals surface area contributed by atoms with E-state index in [1.165, 1.54) is 32.1 Å². The fourth-order valence-corrected chi connectivity index (χ4v) is 5.11. The summed E-state index contributed by atoms with van der Waals surface area (Å²) in [7, 11) is 0. The minimum absolute atomic E-state index is 0.00117. The van der Waals surface area contributed by atoms with Gasteiger partial charge in [0.25, 0.3) is 5.91 Å². The number of carbonyl (C=O) groups excluding carboxylic acids is 1. The minimum Gasteiger partial charge on any atom is -0.349 e. The number of nitrogens with one attached hydrogen (secondary N) is 1. The Kier molecular flexibility index (Phi) is 2.99. The number of rotatable bonds is 2. The number of pyridine rings is 1. The number of amides is 1. The Hall–Kier alpha value is -1.09. The Bertz CT molecular complexity index is 530. The van der Waals surface area contributed by atoms with Crippen molar-refractivity contribution in [3.05, 3.63) is 29.0 Å². The molecule has 5 unspecified atom stereocenters. The summed E-state index contributed by atoms with van der Waals surface area (Å²) in [6.45, 7) is 0. The van der Waals surface area contributed by atoms with Gasteiger partial charge in [0, 0.05) is 12.2 Å². The van der Waals surface area contributed by atoms with Crippen molar-refractivity contribution in [1.82, 2.24) is 10.3 Å². The smallest absolute Gasteiger partial charge is 0.253 e. The summed E-state index contributed by atoms with van der Waals surface area (Å²) in [6.07, 6.45) is 8.26. The van der Waals surface area contributed by atoms with E-state index in [4.69, 9.17) is 11.6 Å². The highest BCUT2D eigenvalue weighted by Gasteiger charge is 2.54. The van der Waals surface area contributed by atoms with Crippen LogP contribution in [0.25, 0.3) is 0 Å². The van der Waals surface area contributed by atoms with Crippen LogP contribution in [0.15, 0.2) is 18.3 Å². The number of carbonyl (C=O) groups is 1. The second kappa shape index (κ2) is 4.73. The van der Waals surface area contributed by atoms with Crippen LogP contribution in [0.3, 0.4) is 0 Å². The molecular formula is C16H19ClN2O. The zero-order chi connectivity index (χ0) is 13.7. The first-order chi connectivity index (χ1) is 9.72.